The summed E-state index contributed by atoms with van der Waals surface area (Å²) in [6.45, 7) is 10.6. The molecule has 1 amide bonds. The maximum absolute atomic E-state index is 12.1. The third-order valence-corrected chi connectivity index (χ3v) is 3.20. The van der Waals surface area contributed by atoms with Gasteiger partial charge in [-0.05, 0) is 33.3 Å². The van der Waals surface area contributed by atoms with E-state index in [4.69, 9.17) is 4.74 Å². The molecule has 0 bridgehead atoms. The van der Waals surface area contributed by atoms with Gasteiger partial charge in [-0.3, -0.25) is 9.79 Å². The summed E-state index contributed by atoms with van der Waals surface area (Å²) in [5.74, 6) is 0.677. The number of benzene rings is 1. The molecule has 0 saturated heterocycles. The van der Waals surface area contributed by atoms with Gasteiger partial charge in [-0.1, -0.05) is 30.3 Å². The maximum Gasteiger partial charge on any atom is 0.240 e. The number of hydrogen-bond acceptors (Lipinski definition) is 3. The summed E-state index contributed by atoms with van der Waals surface area (Å²) in [6.07, 6.45) is 0. The van der Waals surface area contributed by atoms with Crippen molar-refractivity contribution in [1.29, 1.82) is 0 Å². The first-order valence-electron chi connectivity index (χ1n) is 8.74. The Morgan fingerprint density at radius 3 is 2.46 bits per heavy atom. The van der Waals surface area contributed by atoms with Gasteiger partial charge < -0.3 is 20.3 Å². The first-order chi connectivity index (χ1) is 11.8. The van der Waals surface area contributed by atoms with E-state index in [1.807, 2.05) is 70.0 Å². The van der Waals surface area contributed by atoms with Crippen molar-refractivity contribution in [2.75, 3.05) is 33.3 Å². The predicted molar refractivity (Wildman–Crippen MR) is 118 cm³/mol. The van der Waals surface area contributed by atoms with E-state index in [9.17, 15) is 4.79 Å². The zero-order valence-corrected chi connectivity index (χ0v) is 18.9. The van der Waals surface area contributed by atoms with Crippen LogP contribution >= 0.6 is 24.0 Å². The molecular weight excluding hydrogens is 443 g/mol. The second-order valence-corrected chi connectivity index (χ2v) is 6.93. The lowest BCUT2D eigenvalue weighted by Crippen LogP contribution is -2.48. The summed E-state index contributed by atoms with van der Waals surface area (Å²) in [5.41, 5.74) is 0.910. The molecular formula is C19H33IN4O2. The number of carbonyl (C=O) groups is 1. The van der Waals surface area contributed by atoms with E-state index in [0.717, 1.165) is 12.1 Å². The first-order valence-corrected chi connectivity index (χ1v) is 8.74. The molecule has 1 rings (SSSR count). The van der Waals surface area contributed by atoms with Crippen LogP contribution in [0.1, 0.15) is 33.3 Å². The molecule has 2 N–H and O–H groups in total. The molecule has 0 unspecified atom stereocenters. The van der Waals surface area contributed by atoms with Crippen LogP contribution in [0.4, 0.5) is 0 Å². The third kappa shape index (κ3) is 11.3. The average molecular weight is 476 g/mol. The monoisotopic (exact) mass is 476 g/mol. The largest absolute Gasteiger partial charge is 0.375 e. The van der Waals surface area contributed by atoms with Crippen LogP contribution in [0.3, 0.4) is 0 Å². The molecule has 148 valence electrons. The van der Waals surface area contributed by atoms with Gasteiger partial charge in [0.05, 0.1) is 26.3 Å². The fourth-order valence-corrected chi connectivity index (χ4v) is 2.20. The van der Waals surface area contributed by atoms with Crippen LogP contribution in [0.2, 0.25) is 0 Å². The smallest absolute Gasteiger partial charge is 0.240 e. The minimum atomic E-state index is -0.237. The van der Waals surface area contributed by atoms with Gasteiger partial charge >= 0.3 is 0 Å². The molecule has 0 atom stereocenters. The van der Waals surface area contributed by atoms with E-state index in [1.54, 1.807) is 0 Å². The Morgan fingerprint density at radius 2 is 1.88 bits per heavy atom. The van der Waals surface area contributed by atoms with E-state index in [1.165, 1.54) is 0 Å². The van der Waals surface area contributed by atoms with Gasteiger partial charge in [0.15, 0.2) is 5.96 Å². The van der Waals surface area contributed by atoms with Gasteiger partial charge in [0.25, 0.3) is 0 Å². The van der Waals surface area contributed by atoms with E-state index < -0.39 is 0 Å². The molecule has 0 aromatic heterocycles. The Balaban J connectivity index is 0.00000625. The summed E-state index contributed by atoms with van der Waals surface area (Å²) in [7, 11) is 1.86. The van der Waals surface area contributed by atoms with Crippen LogP contribution in [0.15, 0.2) is 35.3 Å². The number of guanidine groups is 1. The van der Waals surface area contributed by atoms with Crippen molar-refractivity contribution in [3.05, 3.63) is 35.9 Å². The molecule has 26 heavy (non-hydrogen) atoms. The van der Waals surface area contributed by atoms with Crippen molar-refractivity contribution >= 4 is 35.8 Å². The normalized spacial score (nSPS) is 11.5. The number of hydrogen-bond donors (Lipinski definition) is 2. The van der Waals surface area contributed by atoms with Gasteiger partial charge in [0, 0.05) is 19.1 Å². The summed E-state index contributed by atoms with van der Waals surface area (Å²) < 4.78 is 5.64. The third-order valence-electron chi connectivity index (χ3n) is 3.20. The Morgan fingerprint density at radius 1 is 1.23 bits per heavy atom. The minimum absolute atomic E-state index is 0. The summed E-state index contributed by atoms with van der Waals surface area (Å²) in [6, 6.07) is 10.1. The van der Waals surface area contributed by atoms with Gasteiger partial charge in [-0.25, -0.2) is 0 Å². The Bertz CT molecular complexity index is 544. The van der Waals surface area contributed by atoms with E-state index in [-0.39, 0.29) is 42.0 Å². The summed E-state index contributed by atoms with van der Waals surface area (Å²) in [5, 5.41) is 6.15. The highest BCUT2D eigenvalue weighted by Gasteiger charge is 2.16. The quantitative estimate of drug-likeness (QED) is 0.262. The standard InChI is InChI=1S/C19H32N4O2.HI/c1-6-20-18(23(5)14-17(24)22-19(2,3)4)21-12-13-25-15-16-10-8-7-9-11-16;/h7-11H,6,12-15H2,1-5H3,(H,20,21)(H,22,24);1H. The average Bonchev–Trinajstić information content (AvgIpc) is 2.52. The van der Waals surface area contributed by atoms with Gasteiger partial charge in [-0.2, -0.15) is 0 Å². The molecule has 0 aliphatic carbocycles. The zero-order valence-electron chi connectivity index (χ0n) is 16.5. The number of ether oxygens (including phenoxy) is 1. The Labute approximate surface area is 174 Å². The molecule has 0 radical (unpaired) electrons. The first kappa shape index (κ1) is 24.7. The van der Waals surface area contributed by atoms with Crippen molar-refractivity contribution in [2.24, 2.45) is 4.99 Å². The SMILES string of the molecule is CCNC(=NCCOCc1ccccc1)N(C)CC(=O)NC(C)(C)C.I. The van der Waals surface area contributed by atoms with Crippen molar-refractivity contribution in [1.82, 2.24) is 15.5 Å². The number of likely N-dealkylation sites (N-methyl/N-ethyl adjacent to an activating group) is 1. The predicted octanol–water partition coefficient (Wildman–Crippen LogP) is 2.63. The van der Waals surface area contributed by atoms with Gasteiger partial charge in [-0.15, -0.1) is 24.0 Å². The fourth-order valence-electron chi connectivity index (χ4n) is 2.20. The van der Waals surface area contributed by atoms with E-state index in [0.29, 0.717) is 25.7 Å². The van der Waals surface area contributed by atoms with Crippen molar-refractivity contribution in [3.63, 3.8) is 0 Å². The number of aliphatic imine (C=N–C) groups is 1. The number of halogens is 1. The second kappa shape index (κ2) is 12.9. The molecule has 7 heteroatoms. The molecule has 6 nitrogen and oxygen atoms in total. The number of carbonyl (C=O) groups excluding carboxylic acids is 1. The number of nitrogens with one attached hydrogen (secondary N) is 2. The molecule has 0 aliphatic rings. The molecule has 0 fully saturated rings. The molecule has 0 spiro atoms. The number of amides is 1. The van der Waals surface area contributed by atoms with Crippen LogP contribution in [0.25, 0.3) is 0 Å². The molecule has 1 aromatic carbocycles. The lowest BCUT2D eigenvalue weighted by molar-refractivity contribution is -0.122. The van der Waals surface area contributed by atoms with Crippen molar-refractivity contribution in [3.8, 4) is 0 Å². The zero-order chi connectivity index (χ0) is 18.7. The lowest BCUT2D eigenvalue weighted by atomic mass is 10.1. The van der Waals surface area contributed by atoms with Crippen LogP contribution in [0.5, 0.6) is 0 Å². The Kier molecular flexibility index (Phi) is 12.2. The van der Waals surface area contributed by atoms with Crippen molar-refractivity contribution in [2.45, 2.75) is 39.8 Å². The van der Waals surface area contributed by atoms with Crippen LogP contribution in [-0.4, -0.2) is 55.6 Å². The Hall–Kier alpha value is -1.35. The second-order valence-electron chi connectivity index (χ2n) is 6.93. The summed E-state index contributed by atoms with van der Waals surface area (Å²) in [4.78, 5) is 18.4. The molecule has 0 aliphatic heterocycles. The lowest BCUT2D eigenvalue weighted by Gasteiger charge is -2.25. The maximum atomic E-state index is 12.1. The van der Waals surface area contributed by atoms with Crippen molar-refractivity contribution < 1.29 is 9.53 Å². The highest BCUT2D eigenvalue weighted by atomic mass is 127. The highest BCUT2D eigenvalue weighted by Crippen LogP contribution is 2.00. The highest BCUT2D eigenvalue weighted by molar-refractivity contribution is 14.0. The van der Waals surface area contributed by atoms with E-state index >= 15 is 0 Å². The minimum Gasteiger partial charge on any atom is -0.375 e. The topological polar surface area (TPSA) is 66.0 Å². The van der Waals surface area contributed by atoms with Gasteiger partial charge in [0.1, 0.15) is 0 Å². The van der Waals surface area contributed by atoms with Gasteiger partial charge in [0.2, 0.25) is 5.91 Å². The molecule has 1 aromatic rings. The van der Waals surface area contributed by atoms with Crippen LogP contribution < -0.4 is 10.6 Å². The molecule has 0 heterocycles. The van der Waals surface area contributed by atoms with Crippen LogP contribution in [-0.2, 0) is 16.1 Å². The number of rotatable bonds is 8. The van der Waals surface area contributed by atoms with Crippen LogP contribution in [0, 0.1) is 0 Å². The van der Waals surface area contributed by atoms with E-state index in [2.05, 4.69) is 15.6 Å². The summed E-state index contributed by atoms with van der Waals surface area (Å²) >= 11 is 0. The molecule has 0 saturated carbocycles. The fraction of sp³-hybridized carbons (Fsp3) is 0.579. The number of nitrogens with zero attached hydrogens (tertiary/aromatic N) is 2.